The van der Waals surface area contributed by atoms with Gasteiger partial charge in [-0.3, -0.25) is 4.79 Å². The monoisotopic (exact) mass is 285 g/mol. The van der Waals surface area contributed by atoms with Gasteiger partial charge in [-0.15, -0.1) is 0 Å². The number of carbonyl (C=O) groups is 1. The molecule has 98 valence electrons. The van der Waals surface area contributed by atoms with Gasteiger partial charge in [-0.2, -0.15) is 12.6 Å². The summed E-state index contributed by atoms with van der Waals surface area (Å²) in [5.74, 6) is 1.03. The highest BCUT2D eigenvalue weighted by atomic mass is 32.2. The number of sulfone groups is 1. The molecule has 6 heteroatoms. The fourth-order valence-electron chi connectivity index (χ4n) is 2.03. The second kappa shape index (κ2) is 4.93. The van der Waals surface area contributed by atoms with E-state index in [0.717, 1.165) is 5.69 Å². The number of hydrogen-bond donors (Lipinski definition) is 1. The maximum absolute atomic E-state index is 11.8. The number of nitrogens with zero attached hydrogens (tertiary/aromatic N) is 1. The van der Waals surface area contributed by atoms with Crippen LogP contribution < -0.4 is 4.90 Å². The van der Waals surface area contributed by atoms with Crippen LogP contribution in [0.25, 0.3) is 0 Å². The zero-order valence-electron chi connectivity index (χ0n) is 10.0. The molecule has 0 N–H and O–H groups in total. The highest BCUT2D eigenvalue weighted by Gasteiger charge is 2.29. The molecule has 1 fully saturated rings. The van der Waals surface area contributed by atoms with E-state index in [9.17, 15) is 13.2 Å². The van der Waals surface area contributed by atoms with E-state index < -0.39 is 9.84 Å². The van der Waals surface area contributed by atoms with Crippen LogP contribution >= 0.6 is 12.6 Å². The van der Waals surface area contributed by atoms with Crippen molar-refractivity contribution in [3.63, 3.8) is 0 Å². The van der Waals surface area contributed by atoms with Crippen LogP contribution in [-0.4, -0.2) is 32.9 Å². The van der Waals surface area contributed by atoms with Gasteiger partial charge in [0.15, 0.2) is 9.84 Å². The molecule has 0 bridgehead atoms. The maximum Gasteiger partial charge on any atom is 0.227 e. The van der Waals surface area contributed by atoms with Gasteiger partial charge in [0.25, 0.3) is 0 Å². The molecule has 1 aliphatic heterocycles. The fourth-order valence-corrected chi connectivity index (χ4v) is 2.90. The topological polar surface area (TPSA) is 54.5 Å². The molecule has 0 saturated carbocycles. The van der Waals surface area contributed by atoms with Gasteiger partial charge >= 0.3 is 0 Å². The van der Waals surface area contributed by atoms with E-state index in [0.29, 0.717) is 18.7 Å². The number of carbonyl (C=O) groups excluding carboxylic acids is 1. The van der Waals surface area contributed by atoms with Crippen molar-refractivity contribution in [1.82, 2.24) is 0 Å². The van der Waals surface area contributed by atoms with Crippen molar-refractivity contribution in [2.45, 2.75) is 11.3 Å². The molecule has 18 heavy (non-hydrogen) atoms. The molecule has 2 rings (SSSR count). The first-order valence-electron chi connectivity index (χ1n) is 5.63. The predicted molar refractivity (Wildman–Crippen MR) is 73.9 cm³/mol. The number of rotatable bonds is 3. The summed E-state index contributed by atoms with van der Waals surface area (Å²) in [6, 6.07) is 6.42. The largest absolute Gasteiger partial charge is 0.312 e. The number of anilines is 1. The van der Waals surface area contributed by atoms with E-state index in [2.05, 4.69) is 12.6 Å². The maximum atomic E-state index is 11.8. The van der Waals surface area contributed by atoms with Gasteiger partial charge in [0.05, 0.1) is 4.90 Å². The lowest BCUT2D eigenvalue weighted by atomic mass is 10.1. The second-order valence-electron chi connectivity index (χ2n) is 4.52. The van der Waals surface area contributed by atoms with Crippen LogP contribution in [0.5, 0.6) is 0 Å². The predicted octanol–water partition coefficient (Wildman–Crippen LogP) is 1.37. The van der Waals surface area contributed by atoms with Crippen LogP contribution in [0.1, 0.15) is 6.42 Å². The van der Waals surface area contributed by atoms with Crippen LogP contribution in [-0.2, 0) is 14.6 Å². The Balaban J connectivity index is 2.23. The van der Waals surface area contributed by atoms with Gasteiger partial charge in [0.1, 0.15) is 0 Å². The molecule has 0 spiro atoms. The van der Waals surface area contributed by atoms with Crippen molar-refractivity contribution in [2.24, 2.45) is 5.92 Å². The minimum atomic E-state index is -3.19. The Morgan fingerprint density at radius 1 is 1.33 bits per heavy atom. The van der Waals surface area contributed by atoms with Crippen LogP contribution in [0.2, 0.25) is 0 Å². The van der Waals surface area contributed by atoms with E-state index in [4.69, 9.17) is 0 Å². The van der Waals surface area contributed by atoms with Gasteiger partial charge in [-0.1, -0.05) is 0 Å². The van der Waals surface area contributed by atoms with E-state index in [-0.39, 0.29) is 16.7 Å². The molecule has 1 heterocycles. The summed E-state index contributed by atoms with van der Waals surface area (Å²) in [5, 5.41) is 0. The summed E-state index contributed by atoms with van der Waals surface area (Å²) in [5.41, 5.74) is 0.747. The van der Waals surface area contributed by atoms with E-state index in [1.54, 1.807) is 17.0 Å². The lowest BCUT2D eigenvalue weighted by Crippen LogP contribution is -2.24. The van der Waals surface area contributed by atoms with Crippen molar-refractivity contribution in [1.29, 1.82) is 0 Å². The SMILES string of the molecule is CS(=O)(=O)c1ccc(N2CC(CS)CC2=O)cc1. The first-order valence-corrected chi connectivity index (χ1v) is 8.15. The Hall–Kier alpha value is -1.01. The normalized spacial score (nSPS) is 20.4. The molecule has 1 aliphatic rings. The minimum absolute atomic E-state index is 0.0705. The standard InChI is InChI=1S/C12H15NO3S2/c1-18(15,16)11-4-2-10(3-5-11)13-7-9(8-17)6-12(13)14/h2-5,9,17H,6-8H2,1H3. The molecule has 0 aliphatic carbocycles. The molecular weight excluding hydrogens is 270 g/mol. The zero-order chi connectivity index (χ0) is 13.3. The third-order valence-corrected chi connectivity index (χ3v) is 4.68. The minimum Gasteiger partial charge on any atom is -0.312 e. The summed E-state index contributed by atoms with van der Waals surface area (Å²) in [7, 11) is -3.19. The smallest absolute Gasteiger partial charge is 0.227 e. The lowest BCUT2D eigenvalue weighted by molar-refractivity contribution is -0.117. The summed E-state index contributed by atoms with van der Waals surface area (Å²) < 4.78 is 22.7. The average Bonchev–Trinajstić information content (AvgIpc) is 2.70. The van der Waals surface area contributed by atoms with E-state index >= 15 is 0 Å². The van der Waals surface area contributed by atoms with Crippen molar-refractivity contribution in [2.75, 3.05) is 23.5 Å². The summed E-state index contributed by atoms with van der Waals surface area (Å²) in [6.45, 7) is 0.653. The summed E-state index contributed by atoms with van der Waals surface area (Å²) in [4.78, 5) is 13.8. The third kappa shape index (κ3) is 2.70. The number of benzene rings is 1. The number of thiol groups is 1. The van der Waals surface area contributed by atoms with Crippen LogP contribution in [0.4, 0.5) is 5.69 Å². The first kappa shape index (κ1) is 13.4. The molecule has 0 aromatic heterocycles. The van der Waals surface area contributed by atoms with Crippen molar-refractivity contribution >= 4 is 34.1 Å². The lowest BCUT2D eigenvalue weighted by Gasteiger charge is -2.16. The molecule has 1 unspecified atom stereocenters. The Bertz CT molecular complexity index is 551. The fraction of sp³-hybridized carbons (Fsp3) is 0.417. The summed E-state index contributed by atoms with van der Waals surface area (Å²) in [6.07, 6.45) is 1.68. The quantitative estimate of drug-likeness (QED) is 0.854. The molecule has 1 aromatic carbocycles. The Labute approximate surface area is 112 Å². The van der Waals surface area contributed by atoms with Gasteiger partial charge < -0.3 is 4.90 Å². The zero-order valence-corrected chi connectivity index (χ0v) is 11.7. The Kier molecular flexibility index (Phi) is 3.68. The van der Waals surface area contributed by atoms with Gasteiger partial charge in [-0.05, 0) is 35.9 Å². The average molecular weight is 285 g/mol. The third-order valence-electron chi connectivity index (χ3n) is 3.04. The van der Waals surface area contributed by atoms with Gasteiger partial charge in [0, 0.05) is 24.9 Å². The van der Waals surface area contributed by atoms with Crippen molar-refractivity contribution < 1.29 is 13.2 Å². The molecule has 1 atom stereocenters. The van der Waals surface area contributed by atoms with Gasteiger partial charge in [-0.25, -0.2) is 8.42 Å². The van der Waals surface area contributed by atoms with Crippen LogP contribution in [0.3, 0.4) is 0 Å². The van der Waals surface area contributed by atoms with Crippen LogP contribution in [0, 0.1) is 5.92 Å². The van der Waals surface area contributed by atoms with E-state index in [1.165, 1.54) is 18.4 Å². The number of hydrogen-bond acceptors (Lipinski definition) is 4. The van der Waals surface area contributed by atoms with Gasteiger partial charge in [0.2, 0.25) is 5.91 Å². The highest BCUT2D eigenvalue weighted by Crippen LogP contribution is 2.26. The molecule has 4 nitrogen and oxygen atoms in total. The van der Waals surface area contributed by atoms with Crippen molar-refractivity contribution in [3.05, 3.63) is 24.3 Å². The Morgan fingerprint density at radius 2 is 1.94 bits per heavy atom. The number of amides is 1. The first-order chi connectivity index (χ1) is 8.41. The molecular formula is C12H15NO3S2. The molecule has 1 amide bonds. The molecule has 1 aromatic rings. The van der Waals surface area contributed by atoms with Crippen LogP contribution in [0.15, 0.2) is 29.2 Å². The molecule has 1 saturated heterocycles. The molecule has 0 radical (unpaired) electrons. The Morgan fingerprint density at radius 3 is 2.39 bits per heavy atom. The summed E-state index contributed by atoms with van der Waals surface area (Å²) >= 11 is 4.21. The highest BCUT2D eigenvalue weighted by molar-refractivity contribution is 7.90. The van der Waals surface area contributed by atoms with E-state index in [1.807, 2.05) is 0 Å². The van der Waals surface area contributed by atoms with Crippen molar-refractivity contribution in [3.8, 4) is 0 Å². The second-order valence-corrected chi connectivity index (χ2v) is 6.90.